The molecule has 114 valence electrons. The molecule has 0 saturated carbocycles. The maximum atomic E-state index is 14.1. The molecule has 0 unspecified atom stereocenters. The van der Waals surface area contributed by atoms with Gasteiger partial charge in [0.1, 0.15) is 5.82 Å². The molecule has 21 heavy (non-hydrogen) atoms. The Kier molecular flexibility index (Phi) is 5.78. The number of hydrogen-bond donors (Lipinski definition) is 1. The van der Waals surface area contributed by atoms with Crippen molar-refractivity contribution in [3.63, 3.8) is 0 Å². The molecule has 0 radical (unpaired) electrons. The first kappa shape index (κ1) is 16.0. The van der Waals surface area contributed by atoms with Gasteiger partial charge in [-0.15, -0.1) is 0 Å². The highest BCUT2D eigenvalue weighted by molar-refractivity contribution is 7.99. The average molecular weight is 309 g/mol. The lowest BCUT2D eigenvalue weighted by Crippen LogP contribution is -2.19. The van der Waals surface area contributed by atoms with E-state index in [-0.39, 0.29) is 5.82 Å². The third-order valence-electron chi connectivity index (χ3n) is 3.01. The van der Waals surface area contributed by atoms with Gasteiger partial charge in [0.2, 0.25) is 0 Å². The summed E-state index contributed by atoms with van der Waals surface area (Å²) in [5.41, 5.74) is 1.87. The zero-order chi connectivity index (χ0) is 15.2. The van der Waals surface area contributed by atoms with Crippen LogP contribution in [0.2, 0.25) is 0 Å². The van der Waals surface area contributed by atoms with Crippen molar-refractivity contribution in [2.45, 2.75) is 23.4 Å². The van der Waals surface area contributed by atoms with E-state index in [0.29, 0.717) is 18.0 Å². The monoisotopic (exact) mass is 309 g/mol. The van der Waals surface area contributed by atoms with Gasteiger partial charge >= 0.3 is 0 Å². The summed E-state index contributed by atoms with van der Waals surface area (Å²) in [6.07, 6.45) is 0. The standard InChI is InChI=1S/C15H20FN3OS/c1-11-9-14(19(2)18-11)21-15-12(5-4-6-13(15)16)10-17-7-8-20-3/h4-6,9,17H,7-8,10H2,1-3H3. The number of halogens is 1. The van der Waals surface area contributed by atoms with Gasteiger partial charge in [0.25, 0.3) is 0 Å². The van der Waals surface area contributed by atoms with Crippen molar-refractivity contribution in [2.24, 2.45) is 7.05 Å². The molecule has 0 aliphatic heterocycles. The lowest BCUT2D eigenvalue weighted by molar-refractivity contribution is 0.199. The highest BCUT2D eigenvalue weighted by Gasteiger charge is 2.12. The maximum Gasteiger partial charge on any atom is 0.137 e. The average Bonchev–Trinajstić information content (AvgIpc) is 2.76. The summed E-state index contributed by atoms with van der Waals surface area (Å²) < 4.78 is 20.9. The van der Waals surface area contributed by atoms with Gasteiger partial charge in [-0.3, -0.25) is 4.68 Å². The van der Waals surface area contributed by atoms with Crippen LogP contribution in [0.25, 0.3) is 0 Å². The molecule has 0 atom stereocenters. The maximum absolute atomic E-state index is 14.1. The van der Waals surface area contributed by atoms with Crippen LogP contribution in [0.4, 0.5) is 4.39 Å². The molecular weight excluding hydrogens is 289 g/mol. The lowest BCUT2D eigenvalue weighted by atomic mass is 10.2. The number of methoxy groups -OCH3 is 1. The van der Waals surface area contributed by atoms with Crippen LogP contribution >= 0.6 is 11.8 Å². The number of ether oxygens (including phenoxy) is 1. The molecule has 1 aromatic carbocycles. The Hall–Kier alpha value is -1.37. The summed E-state index contributed by atoms with van der Waals surface area (Å²) in [4.78, 5) is 0.644. The zero-order valence-electron chi connectivity index (χ0n) is 12.5. The molecule has 6 heteroatoms. The molecule has 0 aliphatic carbocycles. The Morgan fingerprint density at radius 2 is 2.24 bits per heavy atom. The fourth-order valence-electron chi connectivity index (χ4n) is 1.99. The van der Waals surface area contributed by atoms with Gasteiger partial charge in [0, 0.05) is 27.2 Å². The summed E-state index contributed by atoms with van der Waals surface area (Å²) in [6.45, 7) is 3.92. The Morgan fingerprint density at radius 1 is 1.43 bits per heavy atom. The summed E-state index contributed by atoms with van der Waals surface area (Å²) >= 11 is 1.41. The van der Waals surface area contributed by atoms with Gasteiger partial charge in [0.05, 0.1) is 22.2 Å². The van der Waals surface area contributed by atoms with Crippen LogP contribution in [0, 0.1) is 12.7 Å². The van der Waals surface area contributed by atoms with E-state index in [1.165, 1.54) is 17.8 Å². The smallest absolute Gasteiger partial charge is 0.137 e. The fraction of sp³-hybridized carbons (Fsp3) is 0.400. The van der Waals surface area contributed by atoms with E-state index in [9.17, 15) is 4.39 Å². The molecule has 2 rings (SSSR count). The molecule has 0 aliphatic rings. The summed E-state index contributed by atoms with van der Waals surface area (Å²) in [7, 11) is 3.53. The second-order valence-electron chi connectivity index (χ2n) is 4.75. The van der Waals surface area contributed by atoms with Crippen molar-refractivity contribution in [3.8, 4) is 0 Å². The van der Waals surface area contributed by atoms with Crippen LogP contribution in [0.5, 0.6) is 0 Å². The number of rotatable bonds is 7. The third-order valence-corrected chi connectivity index (χ3v) is 4.27. The molecule has 0 spiro atoms. The van der Waals surface area contributed by atoms with E-state index in [0.717, 1.165) is 22.8 Å². The Bertz CT molecular complexity index is 601. The number of hydrogen-bond acceptors (Lipinski definition) is 4. The largest absolute Gasteiger partial charge is 0.383 e. The molecule has 1 N–H and O–H groups in total. The second kappa shape index (κ2) is 7.59. The SMILES string of the molecule is COCCNCc1cccc(F)c1Sc1cc(C)nn1C. The van der Waals surface area contributed by atoms with E-state index in [1.54, 1.807) is 17.9 Å². The molecule has 0 amide bonds. The third kappa shape index (κ3) is 4.30. The van der Waals surface area contributed by atoms with Crippen LogP contribution in [0.3, 0.4) is 0 Å². The van der Waals surface area contributed by atoms with Crippen LogP contribution < -0.4 is 5.32 Å². The first-order valence-electron chi connectivity index (χ1n) is 6.77. The minimum Gasteiger partial charge on any atom is -0.383 e. The van der Waals surface area contributed by atoms with Crippen molar-refractivity contribution in [1.82, 2.24) is 15.1 Å². The molecule has 1 heterocycles. The molecule has 1 aromatic heterocycles. The topological polar surface area (TPSA) is 39.1 Å². The Balaban J connectivity index is 2.15. The number of benzene rings is 1. The van der Waals surface area contributed by atoms with Gasteiger partial charge in [-0.1, -0.05) is 23.9 Å². The number of nitrogens with one attached hydrogen (secondary N) is 1. The van der Waals surface area contributed by atoms with Gasteiger partial charge in [-0.05, 0) is 24.6 Å². The number of aryl methyl sites for hydroxylation is 2. The van der Waals surface area contributed by atoms with Gasteiger partial charge < -0.3 is 10.1 Å². The van der Waals surface area contributed by atoms with Crippen molar-refractivity contribution in [1.29, 1.82) is 0 Å². The van der Waals surface area contributed by atoms with Crippen molar-refractivity contribution < 1.29 is 9.13 Å². The highest BCUT2D eigenvalue weighted by Crippen LogP contribution is 2.32. The predicted octanol–water partition coefficient (Wildman–Crippen LogP) is 2.75. The van der Waals surface area contributed by atoms with Crippen molar-refractivity contribution >= 4 is 11.8 Å². The van der Waals surface area contributed by atoms with Crippen molar-refractivity contribution in [3.05, 3.63) is 41.3 Å². The molecule has 2 aromatic rings. The molecule has 4 nitrogen and oxygen atoms in total. The predicted molar refractivity (Wildman–Crippen MR) is 82.1 cm³/mol. The van der Waals surface area contributed by atoms with Gasteiger partial charge in [0.15, 0.2) is 0 Å². The van der Waals surface area contributed by atoms with Crippen LogP contribution in [0.15, 0.2) is 34.2 Å². The molecule has 0 saturated heterocycles. The molecule has 0 bridgehead atoms. The molecular formula is C15H20FN3OS. The van der Waals surface area contributed by atoms with E-state index < -0.39 is 0 Å². The Morgan fingerprint density at radius 3 is 2.90 bits per heavy atom. The van der Waals surface area contributed by atoms with E-state index >= 15 is 0 Å². The fourth-order valence-corrected chi connectivity index (χ4v) is 3.04. The van der Waals surface area contributed by atoms with Crippen LogP contribution in [-0.4, -0.2) is 30.0 Å². The van der Waals surface area contributed by atoms with Crippen LogP contribution in [-0.2, 0) is 18.3 Å². The van der Waals surface area contributed by atoms with E-state index in [1.807, 2.05) is 26.1 Å². The first-order valence-corrected chi connectivity index (χ1v) is 7.59. The van der Waals surface area contributed by atoms with Crippen molar-refractivity contribution in [2.75, 3.05) is 20.3 Å². The zero-order valence-corrected chi connectivity index (χ0v) is 13.3. The Labute approximate surface area is 128 Å². The molecule has 0 fully saturated rings. The second-order valence-corrected chi connectivity index (χ2v) is 5.78. The first-order chi connectivity index (χ1) is 10.1. The minimum absolute atomic E-state index is 0.204. The van der Waals surface area contributed by atoms with Gasteiger partial charge in [-0.2, -0.15) is 5.10 Å². The van der Waals surface area contributed by atoms with Gasteiger partial charge in [-0.25, -0.2) is 4.39 Å². The quantitative estimate of drug-likeness (QED) is 0.798. The van der Waals surface area contributed by atoms with E-state index in [4.69, 9.17) is 4.74 Å². The summed E-state index contributed by atoms with van der Waals surface area (Å²) in [5.74, 6) is -0.204. The normalized spacial score (nSPS) is 11.0. The highest BCUT2D eigenvalue weighted by atomic mass is 32.2. The lowest BCUT2D eigenvalue weighted by Gasteiger charge is -2.11. The number of nitrogens with zero attached hydrogens (tertiary/aromatic N) is 2. The minimum atomic E-state index is -0.204. The number of aromatic nitrogens is 2. The summed E-state index contributed by atoms with van der Waals surface area (Å²) in [5, 5.41) is 8.47. The summed E-state index contributed by atoms with van der Waals surface area (Å²) in [6, 6.07) is 7.12. The van der Waals surface area contributed by atoms with E-state index in [2.05, 4.69) is 10.4 Å². The van der Waals surface area contributed by atoms with Crippen LogP contribution in [0.1, 0.15) is 11.3 Å².